The van der Waals surface area contributed by atoms with Gasteiger partial charge >= 0.3 is 17.0 Å². The predicted molar refractivity (Wildman–Crippen MR) is 54.8 cm³/mol. The SMILES string of the molecule is CCOC(=O)c1ccc(C(=O)O[N+](=O)[O-])cc1. The zero-order valence-electron chi connectivity index (χ0n) is 8.91. The molecule has 1 rings (SSSR count). The van der Waals surface area contributed by atoms with Crippen LogP contribution < -0.4 is 0 Å². The van der Waals surface area contributed by atoms with Gasteiger partial charge in [-0.2, -0.15) is 0 Å². The van der Waals surface area contributed by atoms with Crippen LogP contribution in [0.4, 0.5) is 0 Å². The Hall–Kier alpha value is -2.44. The van der Waals surface area contributed by atoms with Crippen molar-refractivity contribution in [2.75, 3.05) is 6.61 Å². The first-order valence-corrected chi connectivity index (χ1v) is 4.68. The van der Waals surface area contributed by atoms with Gasteiger partial charge in [-0.25, -0.2) is 9.63 Å². The first-order valence-electron chi connectivity index (χ1n) is 4.68. The summed E-state index contributed by atoms with van der Waals surface area (Å²) in [6.45, 7) is 1.91. The van der Waals surface area contributed by atoms with E-state index in [1.807, 2.05) is 0 Å². The summed E-state index contributed by atoms with van der Waals surface area (Å²) in [5.74, 6) is -1.62. The molecule has 0 aliphatic carbocycles. The van der Waals surface area contributed by atoms with E-state index in [-0.39, 0.29) is 17.7 Å². The predicted octanol–water partition coefficient (Wildman–Crippen LogP) is 1.21. The molecule has 1 aromatic rings. The molecule has 0 N–H and O–H groups in total. The summed E-state index contributed by atoms with van der Waals surface area (Å²) in [7, 11) is 0. The van der Waals surface area contributed by atoms with Crippen LogP contribution in [0.5, 0.6) is 0 Å². The highest BCUT2D eigenvalue weighted by Crippen LogP contribution is 2.07. The summed E-state index contributed by atoms with van der Waals surface area (Å²) >= 11 is 0. The molecule has 0 amide bonds. The molecule has 0 saturated carbocycles. The summed E-state index contributed by atoms with van der Waals surface area (Å²) in [5.41, 5.74) is 0.235. The molecule has 0 unspecified atom stereocenters. The Kier molecular flexibility index (Phi) is 4.15. The summed E-state index contributed by atoms with van der Waals surface area (Å²) in [6.07, 6.45) is 0. The molecular weight excluding hydrogens is 230 g/mol. The van der Waals surface area contributed by atoms with Gasteiger partial charge in [0.1, 0.15) is 0 Å². The average molecular weight is 239 g/mol. The van der Waals surface area contributed by atoms with Crippen LogP contribution in [0.2, 0.25) is 0 Å². The van der Waals surface area contributed by atoms with Crippen molar-refractivity contribution in [3.05, 3.63) is 45.5 Å². The molecule has 0 fully saturated rings. The van der Waals surface area contributed by atoms with Crippen molar-refractivity contribution in [2.24, 2.45) is 0 Å². The molecule has 0 saturated heterocycles. The third-order valence-electron chi connectivity index (χ3n) is 1.79. The highest BCUT2D eigenvalue weighted by Gasteiger charge is 2.12. The first-order chi connectivity index (χ1) is 8.04. The minimum atomic E-state index is -1.19. The third-order valence-corrected chi connectivity index (χ3v) is 1.79. The highest BCUT2D eigenvalue weighted by molar-refractivity contribution is 5.93. The van der Waals surface area contributed by atoms with Crippen molar-refractivity contribution < 1.29 is 24.3 Å². The van der Waals surface area contributed by atoms with Crippen molar-refractivity contribution in [1.82, 2.24) is 0 Å². The van der Waals surface area contributed by atoms with Crippen LogP contribution in [0.15, 0.2) is 24.3 Å². The lowest BCUT2D eigenvalue weighted by Crippen LogP contribution is -2.11. The van der Waals surface area contributed by atoms with Gasteiger partial charge in [0.25, 0.3) is 0 Å². The maximum atomic E-state index is 11.3. The monoisotopic (exact) mass is 239 g/mol. The average Bonchev–Trinajstić information content (AvgIpc) is 2.28. The van der Waals surface area contributed by atoms with E-state index in [2.05, 4.69) is 4.84 Å². The molecule has 0 atom stereocenters. The molecule has 7 nitrogen and oxygen atoms in total. The normalized spacial score (nSPS) is 9.47. The second-order valence-corrected chi connectivity index (χ2v) is 2.90. The Morgan fingerprint density at radius 3 is 2.06 bits per heavy atom. The van der Waals surface area contributed by atoms with Crippen molar-refractivity contribution in [3.8, 4) is 0 Å². The summed E-state index contributed by atoms with van der Waals surface area (Å²) in [5, 5.41) is 8.74. The number of rotatable bonds is 4. The largest absolute Gasteiger partial charge is 0.462 e. The molecule has 0 heterocycles. The van der Waals surface area contributed by atoms with Crippen molar-refractivity contribution in [3.63, 3.8) is 0 Å². The second kappa shape index (κ2) is 5.59. The fraction of sp³-hybridized carbons (Fsp3) is 0.200. The van der Waals surface area contributed by atoms with Gasteiger partial charge in [-0.3, -0.25) is 4.79 Å². The summed E-state index contributed by atoms with van der Waals surface area (Å²) in [4.78, 5) is 36.0. The van der Waals surface area contributed by atoms with E-state index in [0.29, 0.717) is 0 Å². The molecule has 0 bridgehead atoms. The van der Waals surface area contributed by atoms with Crippen molar-refractivity contribution in [2.45, 2.75) is 6.92 Å². The third kappa shape index (κ3) is 3.56. The fourth-order valence-electron chi connectivity index (χ4n) is 1.08. The van der Waals surface area contributed by atoms with E-state index in [4.69, 9.17) is 4.74 Å². The number of carbonyl (C=O) groups is 2. The lowest BCUT2D eigenvalue weighted by Gasteiger charge is -2.02. The van der Waals surface area contributed by atoms with Crippen LogP contribution in [-0.2, 0) is 9.57 Å². The van der Waals surface area contributed by atoms with Gasteiger partial charge in [-0.1, -0.05) is 0 Å². The number of hydrogen-bond donors (Lipinski definition) is 0. The van der Waals surface area contributed by atoms with Gasteiger partial charge in [-0.05, 0) is 31.2 Å². The lowest BCUT2D eigenvalue weighted by atomic mass is 10.1. The van der Waals surface area contributed by atoms with Gasteiger partial charge in [0, 0.05) is 5.56 Å². The second-order valence-electron chi connectivity index (χ2n) is 2.90. The Balaban J connectivity index is 2.77. The van der Waals surface area contributed by atoms with Crippen LogP contribution in [0, 0.1) is 10.1 Å². The molecule has 0 radical (unpaired) electrons. The Morgan fingerprint density at radius 2 is 1.65 bits per heavy atom. The van der Waals surface area contributed by atoms with Crippen LogP contribution in [0.1, 0.15) is 27.6 Å². The van der Waals surface area contributed by atoms with Gasteiger partial charge in [0.15, 0.2) is 0 Å². The molecule has 0 spiro atoms. The number of benzene rings is 1. The number of nitrogens with zero attached hydrogens (tertiary/aromatic N) is 1. The van der Waals surface area contributed by atoms with E-state index in [1.54, 1.807) is 6.92 Å². The molecule has 1 aromatic carbocycles. The van der Waals surface area contributed by atoms with Crippen molar-refractivity contribution in [1.29, 1.82) is 0 Å². The fourth-order valence-corrected chi connectivity index (χ4v) is 1.08. The number of esters is 1. The minimum Gasteiger partial charge on any atom is -0.462 e. The van der Waals surface area contributed by atoms with Crippen LogP contribution >= 0.6 is 0 Å². The molecular formula is C10H9NO6. The van der Waals surface area contributed by atoms with Gasteiger partial charge < -0.3 is 4.74 Å². The Bertz CT molecular complexity index is 439. The van der Waals surface area contributed by atoms with Crippen LogP contribution in [-0.4, -0.2) is 23.6 Å². The smallest absolute Gasteiger partial charge is 0.338 e. The molecule has 0 aliphatic rings. The van der Waals surface area contributed by atoms with Gasteiger partial charge in [-0.15, -0.1) is 10.1 Å². The molecule has 0 aromatic heterocycles. The zero-order chi connectivity index (χ0) is 12.8. The van der Waals surface area contributed by atoms with Crippen LogP contribution in [0.25, 0.3) is 0 Å². The minimum absolute atomic E-state index is 0.0188. The Morgan fingerprint density at radius 1 is 1.18 bits per heavy atom. The van der Waals surface area contributed by atoms with Crippen molar-refractivity contribution >= 4 is 11.9 Å². The lowest BCUT2D eigenvalue weighted by molar-refractivity contribution is -0.727. The molecule has 0 aliphatic heterocycles. The number of carbonyl (C=O) groups excluding carboxylic acids is 2. The summed E-state index contributed by atoms with van der Waals surface area (Å²) < 4.78 is 4.73. The maximum absolute atomic E-state index is 11.3. The van der Waals surface area contributed by atoms with Gasteiger partial charge in [0.2, 0.25) is 0 Å². The summed E-state index contributed by atoms with van der Waals surface area (Å²) in [6, 6.07) is 5.15. The quantitative estimate of drug-likeness (QED) is 0.445. The first kappa shape index (κ1) is 12.6. The topological polar surface area (TPSA) is 95.7 Å². The van der Waals surface area contributed by atoms with E-state index >= 15 is 0 Å². The maximum Gasteiger partial charge on any atom is 0.338 e. The molecule has 90 valence electrons. The van der Waals surface area contributed by atoms with E-state index in [9.17, 15) is 19.7 Å². The van der Waals surface area contributed by atoms with Crippen LogP contribution in [0.3, 0.4) is 0 Å². The molecule has 17 heavy (non-hydrogen) atoms. The Labute approximate surface area is 96.0 Å². The number of ether oxygens (including phenoxy) is 1. The molecule has 7 heteroatoms. The van der Waals surface area contributed by atoms with E-state index < -0.39 is 17.0 Å². The van der Waals surface area contributed by atoms with E-state index in [1.165, 1.54) is 24.3 Å². The standard InChI is InChI=1S/C10H9NO6/c1-2-16-9(12)7-3-5-8(6-4-7)10(13)17-11(14)15/h3-6H,2H2,1H3. The zero-order valence-corrected chi connectivity index (χ0v) is 8.91. The van der Waals surface area contributed by atoms with E-state index in [0.717, 1.165) is 0 Å². The number of hydrogen-bond acceptors (Lipinski definition) is 6. The highest BCUT2D eigenvalue weighted by atomic mass is 17.0. The van der Waals surface area contributed by atoms with Gasteiger partial charge in [0.05, 0.1) is 12.2 Å².